The Bertz CT molecular complexity index is 1470. The molecule has 6 nitrogen and oxygen atoms in total. The maximum Gasteiger partial charge on any atom is 0.279 e. The quantitative estimate of drug-likeness (QED) is 0.369. The fourth-order valence-electron chi connectivity index (χ4n) is 3.44. The van der Waals surface area contributed by atoms with Crippen LogP contribution in [-0.2, 0) is 23.1 Å². The van der Waals surface area contributed by atoms with E-state index in [9.17, 15) is 13.2 Å². The number of carbonyl (C=O) groups is 1. The lowest BCUT2D eigenvalue weighted by atomic mass is 10.2. The molecule has 1 heterocycles. The predicted molar refractivity (Wildman–Crippen MR) is 131 cm³/mol. The number of benzene rings is 3. The van der Waals surface area contributed by atoms with E-state index in [0.29, 0.717) is 16.9 Å². The lowest BCUT2D eigenvalue weighted by Crippen LogP contribution is -2.26. The van der Waals surface area contributed by atoms with Crippen LogP contribution in [0.15, 0.2) is 101 Å². The van der Waals surface area contributed by atoms with E-state index in [4.69, 9.17) is 0 Å². The fourth-order valence-corrected chi connectivity index (χ4v) is 5.63. The van der Waals surface area contributed by atoms with Gasteiger partial charge in [-0.25, -0.2) is 8.42 Å². The largest absolute Gasteiger partial charge is 0.312 e. The van der Waals surface area contributed by atoms with Gasteiger partial charge in [0.05, 0.1) is 15.1 Å². The molecule has 0 radical (unpaired) electrons. The Morgan fingerprint density at radius 1 is 1.03 bits per heavy atom. The van der Waals surface area contributed by atoms with Gasteiger partial charge < -0.3 is 4.57 Å². The monoisotopic (exact) mass is 477 g/mol. The van der Waals surface area contributed by atoms with Crippen LogP contribution in [0, 0.1) is 0 Å². The summed E-state index contributed by atoms with van der Waals surface area (Å²) in [4.78, 5) is 17.8. The van der Waals surface area contributed by atoms with Gasteiger partial charge in [-0.3, -0.25) is 4.79 Å². The number of hydrogen-bond donors (Lipinski definition) is 0. The SMILES string of the molecule is C=CCn1c(=NC(=O)c2ccc(S(=O)(=O)N(C)Cc3ccccc3)cc2)sc2ccccc21. The van der Waals surface area contributed by atoms with E-state index in [1.165, 1.54) is 47.0 Å². The van der Waals surface area contributed by atoms with Crippen molar-refractivity contribution in [3.8, 4) is 0 Å². The molecule has 0 aliphatic heterocycles. The van der Waals surface area contributed by atoms with E-state index in [1.54, 1.807) is 6.08 Å². The van der Waals surface area contributed by atoms with E-state index in [0.717, 1.165) is 15.8 Å². The van der Waals surface area contributed by atoms with Crippen LogP contribution in [0.3, 0.4) is 0 Å². The first-order chi connectivity index (χ1) is 15.9. The van der Waals surface area contributed by atoms with Crippen molar-refractivity contribution in [2.75, 3.05) is 7.05 Å². The molecule has 33 heavy (non-hydrogen) atoms. The average Bonchev–Trinajstić information content (AvgIpc) is 3.17. The van der Waals surface area contributed by atoms with Gasteiger partial charge in [0.15, 0.2) is 4.80 Å². The molecular weight excluding hydrogens is 454 g/mol. The minimum atomic E-state index is -3.69. The Morgan fingerprint density at radius 3 is 2.39 bits per heavy atom. The van der Waals surface area contributed by atoms with Crippen LogP contribution in [0.1, 0.15) is 15.9 Å². The van der Waals surface area contributed by atoms with Crippen molar-refractivity contribution in [1.82, 2.24) is 8.87 Å². The summed E-state index contributed by atoms with van der Waals surface area (Å²) in [7, 11) is -2.15. The van der Waals surface area contributed by atoms with E-state index in [-0.39, 0.29) is 11.4 Å². The molecule has 168 valence electrons. The first-order valence-corrected chi connectivity index (χ1v) is 12.5. The van der Waals surface area contributed by atoms with E-state index in [1.807, 2.05) is 59.2 Å². The number of aromatic nitrogens is 1. The van der Waals surface area contributed by atoms with Crippen LogP contribution < -0.4 is 4.80 Å². The molecule has 0 atom stereocenters. The minimum absolute atomic E-state index is 0.126. The second kappa shape index (κ2) is 9.66. The molecule has 1 aromatic heterocycles. The molecule has 4 aromatic rings. The van der Waals surface area contributed by atoms with Crippen molar-refractivity contribution in [2.24, 2.45) is 4.99 Å². The highest BCUT2D eigenvalue weighted by molar-refractivity contribution is 7.89. The third-order valence-electron chi connectivity index (χ3n) is 5.15. The Kier molecular flexibility index (Phi) is 6.69. The third kappa shape index (κ3) is 4.88. The van der Waals surface area contributed by atoms with Gasteiger partial charge in [-0.05, 0) is 42.0 Å². The number of amides is 1. The molecule has 0 spiro atoms. The van der Waals surface area contributed by atoms with Crippen molar-refractivity contribution in [3.63, 3.8) is 0 Å². The van der Waals surface area contributed by atoms with Crippen molar-refractivity contribution >= 4 is 37.5 Å². The normalized spacial score (nSPS) is 12.4. The number of rotatable bonds is 7. The number of nitrogens with zero attached hydrogens (tertiary/aromatic N) is 3. The van der Waals surface area contributed by atoms with Crippen molar-refractivity contribution in [2.45, 2.75) is 18.0 Å². The van der Waals surface area contributed by atoms with Gasteiger partial charge in [-0.1, -0.05) is 59.9 Å². The first kappa shape index (κ1) is 22.8. The van der Waals surface area contributed by atoms with Gasteiger partial charge in [0.2, 0.25) is 10.0 Å². The van der Waals surface area contributed by atoms with Crippen LogP contribution in [0.5, 0.6) is 0 Å². The zero-order valence-electron chi connectivity index (χ0n) is 18.1. The van der Waals surface area contributed by atoms with Crippen LogP contribution >= 0.6 is 11.3 Å². The number of hydrogen-bond acceptors (Lipinski definition) is 4. The van der Waals surface area contributed by atoms with Gasteiger partial charge in [0.1, 0.15) is 0 Å². The summed E-state index contributed by atoms with van der Waals surface area (Å²) in [6, 6.07) is 23.1. The van der Waals surface area contributed by atoms with E-state index >= 15 is 0 Å². The van der Waals surface area contributed by atoms with Crippen LogP contribution in [0.2, 0.25) is 0 Å². The number of carbonyl (C=O) groups excluding carboxylic acids is 1. The highest BCUT2D eigenvalue weighted by Crippen LogP contribution is 2.19. The minimum Gasteiger partial charge on any atom is -0.312 e. The second-order valence-corrected chi connectivity index (χ2v) is 10.5. The topological polar surface area (TPSA) is 71.7 Å². The zero-order valence-corrected chi connectivity index (χ0v) is 19.7. The fraction of sp³-hybridized carbons (Fsp3) is 0.120. The standard InChI is InChI=1S/C25H23N3O3S2/c1-3-17-28-22-11-7-8-12-23(22)32-25(28)26-24(29)20-13-15-21(16-14-20)33(30,31)27(2)18-19-9-5-4-6-10-19/h3-16H,1,17-18H2,2H3. The first-order valence-electron chi connectivity index (χ1n) is 10.3. The van der Waals surface area contributed by atoms with Crippen LogP contribution in [0.25, 0.3) is 10.2 Å². The number of fused-ring (bicyclic) bond motifs is 1. The van der Waals surface area contributed by atoms with Crippen molar-refractivity contribution in [1.29, 1.82) is 0 Å². The summed E-state index contributed by atoms with van der Waals surface area (Å²) < 4.78 is 30.1. The van der Waals surface area contributed by atoms with Gasteiger partial charge in [0.25, 0.3) is 5.91 Å². The molecule has 0 N–H and O–H groups in total. The lowest BCUT2D eigenvalue weighted by Gasteiger charge is -2.17. The summed E-state index contributed by atoms with van der Waals surface area (Å²) in [6.45, 7) is 4.58. The smallest absolute Gasteiger partial charge is 0.279 e. The molecule has 0 saturated heterocycles. The van der Waals surface area contributed by atoms with Crippen LogP contribution in [-0.4, -0.2) is 30.2 Å². The van der Waals surface area contributed by atoms with E-state index in [2.05, 4.69) is 11.6 Å². The summed E-state index contributed by atoms with van der Waals surface area (Å²) in [6.07, 6.45) is 1.76. The molecule has 0 aliphatic rings. The molecule has 4 rings (SSSR count). The average molecular weight is 478 g/mol. The summed E-state index contributed by atoms with van der Waals surface area (Å²) in [5.74, 6) is -0.430. The predicted octanol–water partition coefficient (Wildman–Crippen LogP) is 4.45. The molecule has 0 bridgehead atoms. The maximum absolute atomic E-state index is 12.9. The molecule has 1 amide bonds. The molecular formula is C25H23N3O3S2. The highest BCUT2D eigenvalue weighted by atomic mass is 32.2. The van der Waals surface area contributed by atoms with Gasteiger partial charge in [-0.15, -0.1) is 6.58 Å². The molecule has 8 heteroatoms. The number of allylic oxidation sites excluding steroid dienone is 1. The van der Waals surface area contributed by atoms with Crippen molar-refractivity contribution in [3.05, 3.63) is 107 Å². The lowest BCUT2D eigenvalue weighted by molar-refractivity contribution is 0.0998. The summed E-state index contributed by atoms with van der Waals surface area (Å²) >= 11 is 1.42. The molecule has 0 saturated carbocycles. The van der Waals surface area contributed by atoms with Gasteiger partial charge in [-0.2, -0.15) is 9.30 Å². The molecule has 3 aromatic carbocycles. The summed E-state index contributed by atoms with van der Waals surface area (Å²) in [5.41, 5.74) is 2.20. The second-order valence-electron chi connectivity index (χ2n) is 7.44. The van der Waals surface area contributed by atoms with E-state index < -0.39 is 15.9 Å². The van der Waals surface area contributed by atoms with Crippen LogP contribution in [0.4, 0.5) is 0 Å². The number of thiazole rings is 1. The highest BCUT2D eigenvalue weighted by Gasteiger charge is 2.21. The number of para-hydroxylation sites is 1. The van der Waals surface area contributed by atoms with Gasteiger partial charge in [0, 0.05) is 25.7 Å². The van der Waals surface area contributed by atoms with Crippen molar-refractivity contribution < 1.29 is 13.2 Å². The molecule has 0 fully saturated rings. The van der Waals surface area contributed by atoms with Gasteiger partial charge >= 0.3 is 0 Å². The molecule has 0 unspecified atom stereocenters. The number of sulfonamides is 1. The Labute approximate surface area is 196 Å². The Morgan fingerprint density at radius 2 is 1.70 bits per heavy atom. The molecule has 0 aliphatic carbocycles. The third-order valence-corrected chi connectivity index (χ3v) is 8.03. The Balaban J connectivity index is 1.59. The zero-order chi connectivity index (χ0) is 23.4. The summed E-state index contributed by atoms with van der Waals surface area (Å²) in [5, 5.41) is 0. The maximum atomic E-state index is 12.9. The Hall–Kier alpha value is -3.33.